The Morgan fingerprint density at radius 2 is 1.94 bits per heavy atom. The van der Waals surface area contributed by atoms with Crippen molar-refractivity contribution in [3.05, 3.63) is 12.2 Å². The van der Waals surface area contributed by atoms with Crippen LogP contribution in [0.1, 0.15) is 39.0 Å². The van der Waals surface area contributed by atoms with Crippen molar-refractivity contribution in [2.75, 3.05) is 0 Å². The fourth-order valence-corrected chi connectivity index (χ4v) is 1.73. The fourth-order valence-electron chi connectivity index (χ4n) is 1.73. The molecule has 2 N–H and O–H groups in total. The molecule has 0 spiro atoms. The second-order valence-corrected chi connectivity index (χ2v) is 4.30. The molecule has 4 heteroatoms. The lowest BCUT2D eigenvalue weighted by atomic mass is 10.0. The zero-order chi connectivity index (χ0) is 12.0. The molecule has 0 aromatic heterocycles. The van der Waals surface area contributed by atoms with Crippen molar-refractivity contribution in [1.29, 1.82) is 0 Å². The lowest BCUT2D eigenvalue weighted by molar-refractivity contribution is -0.142. The number of aliphatic hydroxyl groups is 2. The summed E-state index contributed by atoms with van der Waals surface area (Å²) >= 11 is 0. The summed E-state index contributed by atoms with van der Waals surface area (Å²) < 4.78 is 5.09. The molecule has 1 aliphatic heterocycles. The van der Waals surface area contributed by atoms with E-state index in [0.29, 0.717) is 6.42 Å². The van der Waals surface area contributed by atoms with Gasteiger partial charge in [0, 0.05) is 6.08 Å². The minimum Gasteiger partial charge on any atom is -0.460 e. The maximum absolute atomic E-state index is 11.3. The fraction of sp³-hybridized carbons (Fsp3) is 0.750. The average molecular weight is 228 g/mol. The highest BCUT2D eigenvalue weighted by Crippen LogP contribution is 2.13. The van der Waals surface area contributed by atoms with Gasteiger partial charge in [-0.2, -0.15) is 0 Å². The number of carbonyl (C=O) groups excluding carboxylic acids is 1. The van der Waals surface area contributed by atoms with Gasteiger partial charge in [0.15, 0.2) is 0 Å². The Morgan fingerprint density at radius 1 is 1.25 bits per heavy atom. The molecule has 0 fully saturated rings. The minimum atomic E-state index is -0.984. The van der Waals surface area contributed by atoms with Gasteiger partial charge in [-0.05, 0) is 32.3 Å². The number of aliphatic hydroxyl groups excluding tert-OH is 2. The highest BCUT2D eigenvalue weighted by atomic mass is 16.5. The van der Waals surface area contributed by atoms with E-state index in [1.807, 2.05) is 6.92 Å². The van der Waals surface area contributed by atoms with Gasteiger partial charge in [-0.25, -0.2) is 4.79 Å². The standard InChI is InChI=1S/C12H20O4/c1-9-5-3-2-4-6-10(13)11(14)7-8-12(15)16-9/h7-11,13-14H,2-6H2,1H3/b8-7-/t9-,10-,11-/m1/s1. The monoisotopic (exact) mass is 228 g/mol. The molecule has 0 saturated carbocycles. The van der Waals surface area contributed by atoms with Crippen LogP contribution in [-0.4, -0.2) is 34.5 Å². The van der Waals surface area contributed by atoms with Crippen molar-refractivity contribution in [3.8, 4) is 0 Å². The van der Waals surface area contributed by atoms with Crippen molar-refractivity contribution >= 4 is 5.97 Å². The van der Waals surface area contributed by atoms with Crippen LogP contribution >= 0.6 is 0 Å². The lowest BCUT2D eigenvalue weighted by Gasteiger charge is -2.16. The minimum absolute atomic E-state index is 0.0846. The number of hydrogen-bond acceptors (Lipinski definition) is 4. The van der Waals surface area contributed by atoms with Crippen molar-refractivity contribution in [3.63, 3.8) is 0 Å². The number of ether oxygens (including phenoxy) is 1. The van der Waals surface area contributed by atoms with E-state index in [1.54, 1.807) is 0 Å². The second-order valence-electron chi connectivity index (χ2n) is 4.30. The van der Waals surface area contributed by atoms with Crippen molar-refractivity contribution in [2.45, 2.75) is 57.3 Å². The third kappa shape index (κ3) is 4.77. The first-order valence-electron chi connectivity index (χ1n) is 5.84. The van der Waals surface area contributed by atoms with Crippen LogP contribution in [-0.2, 0) is 9.53 Å². The van der Waals surface area contributed by atoms with E-state index < -0.39 is 18.2 Å². The number of esters is 1. The van der Waals surface area contributed by atoms with Crippen LogP contribution in [0.4, 0.5) is 0 Å². The lowest BCUT2D eigenvalue weighted by Crippen LogP contribution is -2.24. The molecule has 4 nitrogen and oxygen atoms in total. The van der Waals surface area contributed by atoms with Crippen molar-refractivity contribution < 1.29 is 19.7 Å². The van der Waals surface area contributed by atoms with E-state index >= 15 is 0 Å². The summed E-state index contributed by atoms with van der Waals surface area (Å²) in [5.74, 6) is -0.459. The molecule has 1 heterocycles. The van der Waals surface area contributed by atoms with Gasteiger partial charge in [0.1, 0.15) is 0 Å². The number of carbonyl (C=O) groups is 1. The van der Waals surface area contributed by atoms with E-state index in [-0.39, 0.29) is 6.10 Å². The van der Waals surface area contributed by atoms with Gasteiger partial charge >= 0.3 is 5.97 Å². The smallest absolute Gasteiger partial charge is 0.330 e. The number of rotatable bonds is 0. The summed E-state index contributed by atoms with van der Waals surface area (Å²) in [4.78, 5) is 11.3. The summed E-state index contributed by atoms with van der Waals surface area (Å²) in [7, 11) is 0. The maximum atomic E-state index is 11.3. The summed E-state index contributed by atoms with van der Waals surface area (Å²) in [5, 5.41) is 19.0. The van der Waals surface area contributed by atoms with E-state index in [4.69, 9.17) is 4.74 Å². The summed E-state index contributed by atoms with van der Waals surface area (Å²) in [5.41, 5.74) is 0. The molecule has 3 atom stereocenters. The van der Waals surface area contributed by atoms with Crippen molar-refractivity contribution in [2.24, 2.45) is 0 Å². The maximum Gasteiger partial charge on any atom is 0.330 e. The molecule has 16 heavy (non-hydrogen) atoms. The van der Waals surface area contributed by atoms with Crippen LogP contribution in [0.25, 0.3) is 0 Å². The number of cyclic esters (lactones) is 1. The molecule has 0 aromatic rings. The van der Waals surface area contributed by atoms with Gasteiger partial charge in [0.25, 0.3) is 0 Å². The highest BCUT2D eigenvalue weighted by Gasteiger charge is 2.15. The molecular weight excluding hydrogens is 208 g/mol. The molecule has 0 aliphatic carbocycles. The van der Waals surface area contributed by atoms with Gasteiger partial charge in [-0.3, -0.25) is 0 Å². The Balaban J connectivity index is 2.58. The summed E-state index contributed by atoms with van der Waals surface area (Å²) in [6, 6.07) is 0. The van der Waals surface area contributed by atoms with Crippen LogP contribution in [0.3, 0.4) is 0 Å². The molecule has 0 aromatic carbocycles. The predicted molar refractivity (Wildman–Crippen MR) is 59.8 cm³/mol. The Morgan fingerprint density at radius 3 is 2.69 bits per heavy atom. The Labute approximate surface area is 95.9 Å². The van der Waals surface area contributed by atoms with Crippen LogP contribution in [0.5, 0.6) is 0 Å². The first-order chi connectivity index (χ1) is 7.59. The largest absolute Gasteiger partial charge is 0.460 e. The molecule has 0 saturated heterocycles. The van der Waals surface area contributed by atoms with Crippen LogP contribution in [0.2, 0.25) is 0 Å². The zero-order valence-corrected chi connectivity index (χ0v) is 9.63. The quantitative estimate of drug-likeness (QED) is 0.611. The third-order valence-electron chi connectivity index (χ3n) is 2.75. The van der Waals surface area contributed by atoms with E-state index in [9.17, 15) is 15.0 Å². The third-order valence-corrected chi connectivity index (χ3v) is 2.75. The van der Waals surface area contributed by atoms with E-state index in [2.05, 4.69) is 0 Å². The number of hydrogen-bond donors (Lipinski definition) is 2. The summed E-state index contributed by atoms with van der Waals surface area (Å²) in [6.45, 7) is 1.86. The van der Waals surface area contributed by atoms with Gasteiger partial charge in [0.05, 0.1) is 18.3 Å². The summed E-state index contributed by atoms with van der Waals surface area (Å²) in [6.07, 6.45) is 4.87. The molecule has 0 unspecified atom stereocenters. The van der Waals surface area contributed by atoms with Gasteiger partial charge < -0.3 is 14.9 Å². The predicted octanol–water partition coefficient (Wildman–Crippen LogP) is 1.16. The van der Waals surface area contributed by atoms with Gasteiger partial charge in [-0.1, -0.05) is 12.8 Å². The molecule has 1 aliphatic rings. The highest BCUT2D eigenvalue weighted by molar-refractivity contribution is 5.82. The normalized spacial score (nSPS) is 35.7. The molecular formula is C12H20O4. The molecule has 1 rings (SSSR count). The molecule has 0 amide bonds. The van der Waals surface area contributed by atoms with E-state index in [0.717, 1.165) is 25.7 Å². The van der Waals surface area contributed by atoms with Crippen LogP contribution < -0.4 is 0 Å². The van der Waals surface area contributed by atoms with Crippen LogP contribution in [0, 0.1) is 0 Å². The Kier molecular flexibility index (Phi) is 5.49. The zero-order valence-electron chi connectivity index (χ0n) is 9.63. The molecule has 92 valence electrons. The van der Waals surface area contributed by atoms with Gasteiger partial charge in [-0.15, -0.1) is 0 Å². The first kappa shape index (κ1) is 13.2. The average Bonchev–Trinajstić information content (AvgIpc) is 2.23. The Hall–Kier alpha value is -0.870. The topological polar surface area (TPSA) is 66.8 Å². The van der Waals surface area contributed by atoms with Crippen LogP contribution in [0.15, 0.2) is 12.2 Å². The van der Waals surface area contributed by atoms with Crippen molar-refractivity contribution in [1.82, 2.24) is 0 Å². The molecule has 0 bridgehead atoms. The van der Waals surface area contributed by atoms with Gasteiger partial charge in [0.2, 0.25) is 0 Å². The first-order valence-corrected chi connectivity index (χ1v) is 5.84. The second kappa shape index (κ2) is 6.66. The Bertz CT molecular complexity index is 249. The SMILES string of the molecule is C[C@@H]1CCCCC[C@@H](O)[C@H](O)/C=C\C(=O)O1. The van der Waals surface area contributed by atoms with E-state index in [1.165, 1.54) is 12.2 Å². The molecule has 0 radical (unpaired) electrons.